The van der Waals surface area contributed by atoms with Gasteiger partial charge in [-0.3, -0.25) is 0 Å². The first-order valence-electron chi connectivity index (χ1n) is 9.17. The van der Waals surface area contributed by atoms with E-state index in [9.17, 15) is 5.02 Å². The summed E-state index contributed by atoms with van der Waals surface area (Å²) >= 11 is 3.63. The highest BCUT2D eigenvalue weighted by atomic mass is 32.1. The van der Waals surface area contributed by atoms with Crippen LogP contribution in [-0.2, 0) is 0 Å². The van der Waals surface area contributed by atoms with Crippen LogP contribution >= 0.6 is 22.7 Å². The van der Waals surface area contributed by atoms with E-state index >= 15 is 0 Å². The average molecular weight is 393 g/mol. The van der Waals surface area contributed by atoms with Crippen LogP contribution in [0.3, 0.4) is 0 Å². The van der Waals surface area contributed by atoms with Gasteiger partial charge < -0.3 is 5.02 Å². The third-order valence-electron chi connectivity index (χ3n) is 5.39. The highest BCUT2D eigenvalue weighted by Crippen LogP contribution is 2.44. The van der Waals surface area contributed by atoms with Crippen LogP contribution < -0.4 is 5.46 Å². The van der Waals surface area contributed by atoms with Crippen molar-refractivity contribution in [3.63, 3.8) is 0 Å². The SMILES string of the molecule is O[B]c1cccc2c1sc1c(-c3cccc4c3sc3ccccc34)cccc12. The lowest BCUT2D eigenvalue weighted by Gasteiger charge is -2.05. The molecule has 4 aromatic carbocycles. The summed E-state index contributed by atoms with van der Waals surface area (Å²) in [6.07, 6.45) is 0. The monoisotopic (exact) mass is 393 g/mol. The van der Waals surface area contributed by atoms with Crippen LogP contribution in [0.25, 0.3) is 51.5 Å². The van der Waals surface area contributed by atoms with Crippen LogP contribution in [0.1, 0.15) is 0 Å². The molecule has 1 radical (unpaired) electrons. The van der Waals surface area contributed by atoms with Gasteiger partial charge in [0.05, 0.1) is 0 Å². The second-order valence-electron chi connectivity index (χ2n) is 6.92. The van der Waals surface area contributed by atoms with E-state index in [1.165, 1.54) is 54.3 Å². The van der Waals surface area contributed by atoms with E-state index in [0.29, 0.717) is 0 Å². The Morgan fingerprint density at radius 3 is 1.86 bits per heavy atom. The molecule has 0 bridgehead atoms. The van der Waals surface area contributed by atoms with Crippen molar-refractivity contribution in [2.24, 2.45) is 0 Å². The second-order valence-corrected chi connectivity index (χ2v) is 8.99. The van der Waals surface area contributed by atoms with Crippen LogP contribution in [0.2, 0.25) is 0 Å². The summed E-state index contributed by atoms with van der Waals surface area (Å²) in [6.45, 7) is 0. The van der Waals surface area contributed by atoms with E-state index in [0.717, 1.165) is 10.2 Å². The molecule has 2 aromatic heterocycles. The van der Waals surface area contributed by atoms with E-state index in [4.69, 9.17) is 0 Å². The standard InChI is InChI=1S/C24H14BOS2/c26-25-20-12-5-11-19-18-10-4-9-17(23(18)28-24(19)20)16-8-3-7-15-14-6-1-2-13-21(14)27-22(15)16/h1-13,26H. The number of hydrogen-bond donors (Lipinski definition) is 1. The minimum Gasteiger partial charge on any atom is -0.450 e. The highest BCUT2D eigenvalue weighted by Gasteiger charge is 2.15. The topological polar surface area (TPSA) is 20.2 Å². The molecule has 131 valence electrons. The minimum atomic E-state index is 0.879. The quantitative estimate of drug-likeness (QED) is 0.341. The number of fused-ring (bicyclic) bond motifs is 6. The lowest BCUT2D eigenvalue weighted by Crippen LogP contribution is -2.12. The molecule has 0 aliphatic rings. The zero-order valence-electron chi connectivity index (χ0n) is 14.8. The van der Waals surface area contributed by atoms with Crippen molar-refractivity contribution in [1.29, 1.82) is 0 Å². The lowest BCUT2D eigenvalue weighted by atomic mass is 9.87. The van der Waals surface area contributed by atoms with Gasteiger partial charge in [0.25, 0.3) is 0 Å². The predicted octanol–water partition coefficient (Wildman–Crippen LogP) is 6.33. The molecule has 2 heterocycles. The average Bonchev–Trinajstić information content (AvgIpc) is 3.32. The van der Waals surface area contributed by atoms with Gasteiger partial charge in [-0.25, -0.2) is 0 Å². The Labute approximate surface area is 170 Å². The molecule has 0 saturated heterocycles. The van der Waals surface area contributed by atoms with Gasteiger partial charge in [-0.2, -0.15) is 0 Å². The molecule has 0 spiro atoms. The van der Waals surface area contributed by atoms with Crippen LogP contribution in [-0.4, -0.2) is 12.5 Å². The van der Waals surface area contributed by atoms with Crippen molar-refractivity contribution < 1.29 is 5.02 Å². The van der Waals surface area contributed by atoms with Crippen molar-refractivity contribution in [3.05, 3.63) is 78.9 Å². The molecule has 1 N–H and O–H groups in total. The molecule has 0 amide bonds. The smallest absolute Gasteiger partial charge is 0.328 e. The van der Waals surface area contributed by atoms with E-state index in [2.05, 4.69) is 66.7 Å². The molecule has 0 fully saturated rings. The first-order chi connectivity index (χ1) is 13.8. The summed E-state index contributed by atoms with van der Waals surface area (Å²) < 4.78 is 5.07. The van der Waals surface area contributed by atoms with E-state index in [-0.39, 0.29) is 0 Å². The predicted molar refractivity (Wildman–Crippen MR) is 125 cm³/mol. The highest BCUT2D eigenvalue weighted by molar-refractivity contribution is 7.28. The normalized spacial score (nSPS) is 11.8. The molecule has 0 atom stereocenters. The van der Waals surface area contributed by atoms with Gasteiger partial charge in [0.15, 0.2) is 0 Å². The molecular weight excluding hydrogens is 379 g/mol. The minimum absolute atomic E-state index is 0.879. The van der Waals surface area contributed by atoms with Crippen LogP contribution in [0.5, 0.6) is 0 Å². The Morgan fingerprint density at radius 2 is 1.11 bits per heavy atom. The Kier molecular flexibility index (Phi) is 3.60. The maximum absolute atomic E-state index is 9.65. The molecule has 1 nitrogen and oxygen atoms in total. The first kappa shape index (κ1) is 16.3. The molecule has 0 aliphatic carbocycles. The maximum atomic E-state index is 9.65. The summed E-state index contributed by atoms with van der Waals surface area (Å²) in [6, 6.07) is 27.9. The van der Waals surface area contributed by atoms with Crippen LogP contribution in [0.15, 0.2) is 78.9 Å². The summed E-state index contributed by atoms with van der Waals surface area (Å²) in [4.78, 5) is 0. The summed E-state index contributed by atoms with van der Waals surface area (Å²) in [7, 11) is 1.21. The van der Waals surface area contributed by atoms with Gasteiger partial charge in [-0.15, -0.1) is 22.7 Å². The Morgan fingerprint density at radius 1 is 0.536 bits per heavy atom. The third kappa shape index (κ3) is 2.23. The lowest BCUT2D eigenvalue weighted by molar-refractivity contribution is 0.616. The van der Waals surface area contributed by atoms with Gasteiger partial charge in [-0.05, 0) is 16.9 Å². The fourth-order valence-corrected chi connectivity index (χ4v) is 6.65. The number of rotatable bonds is 2. The van der Waals surface area contributed by atoms with Crippen molar-refractivity contribution in [2.75, 3.05) is 0 Å². The largest absolute Gasteiger partial charge is 0.450 e. The van der Waals surface area contributed by atoms with Crippen molar-refractivity contribution >= 4 is 76.0 Å². The number of benzene rings is 4. The van der Waals surface area contributed by atoms with Crippen molar-refractivity contribution in [2.45, 2.75) is 0 Å². The van der Waals surface area contributed by atoms with Gasteiger partial charge in [0.2, 0.25) is 0 Å². The summed E-state index contributed by atoms with van der Waals surface area (Å²) in [5, 5.41) is 14.7. The van der Waals surface area contributed by atoms with Gasteiger partial charge in [0.1, 0.15) is 0 Å². The fraction of sp³-hybridized carbons (Fsp3) is 0. The molecule has 6 aromatic rings. The zero-order chi connectivity index (χ0) is 18.7. The van der Waals surface area contributed by atoms with E-state index < -0.39 is 0 Å². The van der Waals surface area contributed by atoms with E-state index in [1.54, 1.807) is 11.3 Å². The Balaban J connectivity index is 1.74. The van der Waals surface area contributed by atoms with Gasteiger partial charge >= 0.3 is 7.48 Å². The molecule has 0 aliphatic heterocycles. The Bertz CT molecular complexity index is 1510. The molecule has 6 rings (SSSR count). The number of thiophene rings is 2. The van der Waals surface area contributed by atoms with Gasteiger partial charge in [0, 0.05) is 46.1 Å². The fourth-order valence-electron chi connectivity index (χ4n) is 4.12. The summed E-state index contributed by atoms with van der Waals surface area (Å²) in [5.41, 5.74) is 3.43. The van der Waals surface area contributed by atoms with Crippen LogP contribution in [0.4, 0.5) is 0 Å². The van der Waals surface area contributed by atoms with Crippen LogP contribution in [0, 0.1) is 0 Å². The molecule has 28 heavy (non-hydrogen) atoms. The van der Waals surface area contributed by atoms with Crippen molar-refractivity contribution in [3.8, 4) is 11.1 Å². The first-order valence-corrected chi connectivity index (χ1v) is 10.8. The maximum Gasteiger partial charge on any atom is 0.328 e. The Hall–Kier alpha value is -2.66. The zero-order valence-corrected chi connectivity index (χ0v) is 16.5. The third-order valence-corrected chi connectivity index (χ3v) is 7.91. The van der Waals surface area contributed by atoms with Crippen molar-refractivity contribution in [1.82, 2.24) is 0 Å². The van der Waals surface area contributed by atoms with Gasteiger partial charge in [-0.1, -0.05) is 72.8 Å². The molecule has 0 saturated carbocycles. The second kappa shape index (κ2) is 6.18. The van der Waals surface area contributed by atoms with E-state index in [1.807, 2.05) is 23.5 Å². The number of hydrogen-bond acceptors (Lipinski definition) is 3. The molecule has 0 unspecified atom stereocenters. The molecule has 4 heteroatoms. The molecular formula is C24H14BOS2. The summed E-state index contributed by atoms with van der Waals surface area (Å²) in [5.74, 6) is 0.